The van der Waals surface area contributed by atoms with Gasteiger partial charge in [0.15, 0.2) is 4.75 Å². The molecule has 3 heteroatoms. The summed E-state index contributed by atoms with van der Waals surface area (Å²) in [4.78, 5) is 0. The van der Waals surface area contributed by atoms with Crippen molar-refractivity contribution in [2.75, 3.05) is 19.0 Å². The van der Waals surface area contributed by atoms with Gasteiger partial charge in [-0.25, -0.2) is 0 Å². The molecule has 2 aliphatic rings. The minimum Gasteiger partial charge on any atom is -0.616 e. The molecule has 1 spiro atoms. The third kappa shape index (κ3) is 0.719. The Morgan fingerprint density at radius 2 is 2.22 bits per heavy atom. The molecule has 2 fully saturated rings. The van der Waals surface area contributed by atoms with Crippen molar-refractivity contribution in [3.63, 3.8) is 0 Å². The van der Waals surface area contributed by atoms with Gasteiger partial charge in [-0.3, -0.25) is 0 Å². The molecule has 2 saturated heterocycles. The lowest BCUT2D eigenvalue weighted by Gasteiger charge is -2.37. The second-order valence-corrected chi connectivity index (χ2v) is 4.79. The third-order valence-corrected chi connectivity index (χ3v) is 4.24. The van der Waals surface area contributed by atoms with Gasteiger partial charge < -0.3 is 9.29 Å². The van der Waals surface area contributed by atoms with E-state index in [1.165, 1.54) is 0 Å². The van der Waals surface area contributed by atoms with Gasteiger partial charge in [-0.15, -0.1) is 0 Å². The summed E-state index contributed by atoms with van der Waals surface area (Å²) in [5.74, 6) is 0.906. The van der Waals surface area contributed by atoms with Crippen LogP contribution >= 0.6 is 0 Å². The van der Waals surface area contributed by atoms with Crippen LogP contribution in [0.25, 0.3) is 0 Å². The molecule has 9 heavy (non-hydrogen) atoms. The molecule has 0 amide bonds. The van der Waals surface area contributed by atoms with Gasteiger partial charge in [0.05, 0.1) is 13.2 Å². The van der Waals surface area contributed by atoms with E-state index in [4.69, 9.17) is 4.74 Å². The van der Waals surface area contributed by atoms with E-state index in [-0.39, 0.29) is 4.75 Å². The van der Waals surface area contributed by atoms with Gasteiger partial charge >= 0.3 is 0 Å². The fourth-order valence-electron chi connectivity index (χ4n) is 1.46. The standard InChI is InChI=1S/C6H10O2S/c7-9-3-1-2-6(9)4-8-5-6/h1-5H2. The maximum Gasteiger partial charge on any atom is 0.171 e. The predicted octanol–water partition coefficient (Wildman–Crippen LogP) is 0.298. The lowest BCUT2D eigenvalue weighted by molar-refractivity contribution is -0.0133. The first-order valence-electron chi connectivity index (χ1n) is 3.30. The molecule has 2 heterocycles. The van der Waals surface area contributed by atoms with E-state index in [0.29, 0.717) is 0 Å². The van der Waals surface area contributed by atoms with Crippen molar-refractivity contribution in [2.45, 2.75) is 17.6 Å². The summed E-state index contributed by atoms with van der Waals surface area (Å²) in [6.45, 7) is 1.50. The molecule has 0 saturated carbocycles. The van der Waals surface area contributed by atoms with E-state index in [0.717, 1.165) is 31.8 Å². The topological polar surface area (TPSA) is 32.3 Å². The zero-order valence-electron chi connectivity index (χ0n) is 5.26. The van der Waals surface area contributed by atoms with E-state index in [2.05, 4.69) is 0 Å². The Kier molecular flexibility index (Phi) is 1.25. The monoisotopic (exact) mass is 146 g/mol. The lowest BCUT2D eigenvalue weighted by atomic mass is 10.0. The molecule has 0 bridgehead atoms. The Morgan fingerprint density at radius 1 is 1.44 bits per heavy atom. The molecule has 52 valence electrons. The summed E-state index contributed by atoms with van der Waals surface area (Å²) in [6, 6.07) is 0. The first-order chi connectivity index (χ1) is 4.33. The summed E-state index contributed by atoms with van der Waals surface area (Å²) in [5.41, 5.74) is 0. The SMILES string of the molecule is [O-][S+]1CCCC12COC2. The first-order valence-corrected chi connectivity index (χ1v) is 4.62. The minimum atomic E-state index is -0.564. The zero-order valence-corrected chi connectivity index (χ0v) is 6.08. The summed E-state index contributed by atoms with van der Waals surface area (Å²) in [7, 11) is 0. The molecule has 0 aromatic heterocycles. The predicted molar refractivity (Wildman–Crippen MR) is 35.8 cm³/mol. The Bertz CT molecular complexity index is 122. The Labute approximate surface area is 57.8 Å². The highest BCUT2D eigenvalue weighted by Gasteiger charge is 2.52. The van der Waals surface area contributed by atoms with E-state index >= 15 is 0 Å². The molecule has 1 atom stereocenters. The normalized spacial score (nSPS) is 39.0. The van der Waals surface area contributed by atoms with E-state index in [1.807, 2.05) is 0 Å². The zero-order chi connectivity index (χ0) is 6.32. The van der Waals surface area contributed by atoms with Crippen LogP contribution in [0.3, 0.4) is 0 Å². The third-order valence-electron chi connectivity index (χ3n) is 2.18. The molecular weight excluding hydrogens is 136 g/mol. The fourth-order valence-corrected chi connectivity index (χ4v) is 3.10. The highest BCUT2D eigenvalue weighted by atomic mass is 32.2. The molecule has 1 unspecified atom stereocenters. The molecule has 2 nitrogen and oxygen atoms in total. The van der Waals surface area contributed by atoms with Crippen molar-refractivity contribution in [3.05, 3.63) is 0 Å². The van der Waals surface area contributed by atoms with Crippen LogP contribution in [0.1, 0.15) is 12.8 Å². The van der Waals surface area contributed by atoms with Crippen molar-refractivity contribution in [2.24, 2.45) is 0 Å². The van der Waals surface area contributed by atoms with Gasteiger partial charge in [0, 0.05) is 6.42 Å². The Balaban J connectivity index is 2.09. The average molecular weight is 146 g/mol. The Hall–Kier alpha value is 0.270. The largest absolute Gasteiger partial charge is 0.616 e. The summed E-state index contributed by atoms with van der Waals surface area (Å²) in [6.07, 6.45) is 2.26. The van der Waals surface area contributed by atoms with Gasteiger partial charge in [0.1, 0.15) is 5.75 Å². The summed E-state index contributed by atoms with van der Waals surface area (Å²) >= 11 is -0.564. The van der Waals surface area contributed by atoms with Crippen molar-refractivity contribution in [3.8, 4) is 0 Å². The maximum absolute atomic E-state index is 11.2. The van der Waals surface area contributed by atoms with Gasteiger partial charge in [0.25, 0.3) is 0 Å². The highest BCUT2D eigenvalue weighted by molar-refractivity contribution is 7.93. The van der Waals surface area contributed by atoms with Gasteiger partial charge in [-0.1, -0.05) is 0 Å². The van der Waals surface area contributed by atoms with Crippen LogP contribution in [0.5, 0.6) is 0 Å². The number of rotatable bonds is 0. The van der Waals surface area contributed by atoms with Crippen LogP contribution in [-0.2, 0) is 15.9 Å². The summed E-state index contributed by atoms with van der Waals surface area (Å²) < 4.78 is 16.4. The molecule has 2 rings (SSSR count). The van der Waals surface area contributed by atoms with Gasteiger partial charge in [0.2, 0.25) is 0 Å². The molecule has 2 aliphatic heterocycles. The van der Waals surface area contributed by atoms with Crippen LogP contribution in [0.2, 0.25) is 0 Å². The highest BCUT2D eigenvalue weighted by Crippen LogP contribution is 2.38. The molecule has 0 N–H and O–H groups in total. The van der Waals surface area contributed by atoms with Crippen molar-refractivity contribution >= 4 is 11.2 Å². The smallest absolute Gasteiger partial charge is 0.171 e. The second kappa shape index (κ2) is 1.87. The second-order valence-electron chi connectivity index (χ2n) is 2.83. The fraction of sp³-hybridized carbons (Fsp3) is 1.00. The molecule has 0 aromatic carbocycles. The van der Waals surface area contributed by atoms with Crippen LogP contribution in [-0.4, -0.2) is 28.3 Å². The molecule has 0 aliphatic carbocycles. The van der Waals surface area contributed by atoms with E-state index < -0.39 is 11.2 Å². The lowest BCUT2D eigenvalue weighted by Crippen LogP contribution is -2.52. The summed E-state index contributed by atoms with van der Waals surface area (Å²) in [5, 5.41) is 0. The molecular formula is C6H10O2S. The number of hydrogen-bond acceptors (Lipinski definition) is 2. The molecule has 0 radical (unpaired) electrons. The average Bonchev–Trinajstić information content (AvgIpc) is 2.07. The van der Waals surface area contributed by atoms with Crippen molar-refractivity contribution in [1.29, 1.82) is 0 Å². The van der Waals surface area contributed by atoms with Crippen LogP contribution in [0, 0.1) is 0 Å². The van der Waals surface area contributed by atoms with Crippen molar-refractivity contribution in [1.82, 2.24) is 0 Å². The maximum atomic E-state index is 11.2. The van der Waals surface area contributed by atoms with E-state index in [9.17, 15) is 4.55 Å². The first kappa shape index (κ1) is 6.01. The number of ether oxygens (including phenoxy) is 1. The van der Waals surface area contributed by atoms with Crippen LogP contribution < -0.4 is 0 Å². The van der Waals surface area contributed by atoms with Crippen LogP contribution in [0.4, 0.5) is 0 Å². The van der Waals surface area contributed by atoms with Crippen LogP contribution in [0.15, 0.2) is 0 Å². The van der Waals surface area contributed by atoms with Gasteiger partial charge in [-0.05, 0) is 17.6 Å². The molecule has 0 aromatic rings. The van der Waals surface area contributed by atoms with Crippen molar-refractivity contribution < 1.29 is 9.29 Å². The number of hydrogen-bond donors (Lipinski definition) is 0. The quantitative estimate of drug-likeness (QED) is 0.460. The Morgan fingerprint density at radius 3 is 2.44 bits per heavy atom. The van der Waals surface area contributed by atoms with Gasteiger partial charge in [-0.2, -0.15) is 0 Å². The minimum absolute atomic E-state index is 0.125. The van der Waals surface area contributed by atoms with E-state index in [1.54, 1.807) is 0 Å².